The average Bonchev–Trinajstić information content (AvgIpc) is 2.42. The fraction of sp³-hybridized carbons (Fsp3) is 0.125. The number of hydrogen-bond acceptors (Lipinski definition) is 4. The van der Waals surface area contributed by atoms with Crippen LogP contribution in [0.25, 0.3) is 10.9 Å². The van der Waals surface area contributed by atoms with Gasteiger partial charge in [0.15, 0.2) is 0 Å². The van der Waals surface area contributed by atoms with Crippen molar-refractivity contribution in [3.63, 3.8) is 0 Å². The molecule has 1 aromatic heterocycles. The highest BCUT2D eigenvalue weighted by Crippen LogP contribution is 2.26. The molecule has 0 aliphatic carbocycles. The molecule has 0 atom stereocenters. The highest BCUT2D eigenvalue weighted by molar-refractivity contribution is 5.92. The van der Waals surface area contributed by atoms with Crippen molar-refractivity contribution in [3.8, 4) is 0 Å². The SMILES string of the molecule is Cc1c(Cc2ccccc2)ccc2nc(N)nc(N)c12. The van der Waals surface area contributed by atoms with Crippen LogP contribution in [0.3, 0.4) is 0 Å². The molecular formula is C16H16N4. The Morgan fingerprint density at radius 2 is 1.70 bits per heavy atom. The molecule has 0 saturated carbocycles. The van der Waals surface area contributed by atoms with Gasteiger partial charge in [-0.05, 0) is 36.1 Å². The second-order valence-corrected chi connectivity index (χ2v) is 4.87. The third-order valence-electron chi connectivity index (χ3n) is 3.52. The van der Waals surface area contributed by atoms with Gasteiger partial charge in [0.1, 0.15) is 5.82 Å². The van der Waals surface area contributed by atoms with E-state index in [4.69, 9.17) is 11.5 Å². The number of nitrogens with zero attached hydrogens (tertiary/aromatic N) is 2. The Labute approximate surface area is 117 Å². The van der Waals surface area contributed by atoms with Gasteiger partial charge in [-0.3, -0.25) is 0 Å². The number of aromatic nitrogens is 2. The van der Waals surface area contributed by atoms with Crippen molar-refractivity contribution in [3.05, 3.63) is 59.2 Å². The Morgan fingerprint density at radius 1 is 0.950 bits per heavy atom. The van der Waals surface area contributed by atoms with E-state index in [1.165, 1.54) is 11.1 Å². The molecule has 100 valence electrons. The van der Waals surface area contributed by atoms with Crippen LogP contribution in [0.2, 0.25) is 0 Å². The molecule has 0 saturated heterocycles. The summed E-state index contributed by atoms with van der Waals surface area (Å²) in [5.74, 6) is 0.658. The van der Waals surface area contributed by atoms with E-state index in [2.05, 4.69) is 35.1 Å². The third kappa shape index (κ3) is 2.16. The number of fused-ring (bicyclic) bond motifs is 1. The van der Waals surface area contributed by atoms with E-state index in [9.17, 15) is 0 Å². The molecule has 0 aliphatic heterocycles. The third-order valence-corrected chi connectivity index (χ3v) is 3.52. The predicted octanol–water partition coefficient (Wildman–Crippen LogP) is 2.69. The highest BCUT2D eigenvalue weighted by Gasteiger charge is 2.10. The van der Waals surface area contributed by atoms with Crippen molar-refractivity contribution in [2.24, 2.45) is 0 Å². The first-order valence-corrected chi connectivity index (χ1v) is 6.50. The van der Waals surface area contributed by atoms with E-state index >= 15 is 0 Å². The topological polar surface area (TPSA) is 77.8 Å². The predicted molar refractivity (Wildman–Crippen MR) is 82.3 cm³/mol. The molecule has 3 aromatic rings. The summed E-state index contributed by atoms with van der Waals surface area (Å²) in [7, 11) is 0. The van der Waals surface area contributed by atoms with Crippen LogP contribution >= 0.6 is 0 Å². The first kappa shape index (κ1) is 12.4. The second kappa shape index (κ2) is 4.81. The van der Waals surface area contributed by atoms with E-state index in [-0.39, 0.29) is 5.95 Å². The number of anilines is 2. The van der Waals surface area contributed by atoms with E-state index in [1.807, 2.05) is 24.3 Å². The number of nitrogen functional groups attached to an aromatic ring is 2. The van der Waals surface area contributed by atoms with Gasteiger partial charge in [0.05, 0.1) is 5.52 Å². The second-order valence-electron chi connectivity index (χ2n) is 4.87. The molecule has 0 spiro atoms. The van der Waals surface area contributed by atoms with Crippen LogP contribution in [0.15, 0.2) is 42.5 Å². The lowest BCUT2D eigenvalue weighted by molar-refractivity contribution is 1.16. The first-order valence-electron chi connectivity index (χ1n) is 6.50. The lowest BCUT2D eigenvalue weighted by atomic mass is 9.97. The summed E-state index contributed by atoms with van der Waals surface area (Å²) < 4.78 is 0. The van der Waals surface area contributed by atoms with Crippen molar-refractivity contribution >= 4 is 22.7 Å². The fourth-order valence-electron chi connectivity index (χ4n) is 2.49. The van der Waals surface area contributed by atoms with Crippen LogP contribution in [0.5, 0.6) is 0 Å². The molecule has 0 aliphatic rings. The molecule has 0 fully saturated rings. The van der Waals surface area contributed by atoms with Crippen LogP contribution in [-0.2, 0) is 6.42 Å². The Morgan fingerprint density at radius 3 is 2.45 bits per heavy atom. The highest BCUT2D eigenvalue weighted by atomic mass is 15.0. The smallest absolute Gasteiger partial charge is 0.222 e. The van der Waals surface area contributed by atoms with Gasteiger partial charge in [0.2, 0.25) is 5.95 Å². The van der Waals surface area contributed by atoms with Gasteiger partial charge >= 0.3 is 0 Å². The molecular weight excluding hydrogens is 248 g/mol. The van der Waals surface area contributed by atoms with E-state index in [1.54, 1.807) is 0 Å². The number of hydrogen-bond donors (Lipinski definition) is 2. The molecule has 2 aromatic carbocycles. The summed E-state index contributed by atoms with van der Waals surface area (Å²) in [6.07, 6.45) is 0.867. The van der Waals surface area contributed by atoms with Gasteiger partial charge in [0, 0.05) is 5.39 Å². The lowest BCUT2D eigenvalue weighted by Gasteiger charge is -2.11. The number of rotatable bonds is 2. The minimum absolute atomic E-state index is 0.213. The molecule has 3 rings (SSSR count). The maximum Gasteiger partial charge on any atom is 0.222 e. The first-order chi connectivity index (χ1) is 9.65. The summed E-state index contributed by atoms with van der Waals surface area (Å²) in [6.45, 7) is 2.05. The number of aryl methyl sites for hydroxylation is 1. The molecule has 4 nitrogen and oxygen atoms in total. The molecule has 0 amide bonds. The van der Waals surface area contributed by atoms with E-state index in [0.717, 1.165) is 22.9 Å². The zero-order chi connectivity index (χ0) is 14.1. The van der Waals surface area contributed by atoms with Gasteiger partial charge in [0.25, 0.3) is 0 Å². The van der Waals surface area contributed by atoms with Crippen LogP contribution in [-0.4, -0.2) is 9.97 Å². The quantitative estimate of drug-likeness (QED) is 0.746. The van der Waals surface area contributed by atoms with Gasteiger partial charge < -0.3 is 11.5 Å². The summed E-state index contributed by atoms with van der Waals surface area (Å²) in [6, 6.07) is 14.4. The summed E-state index contributed by atoms with van der Waals surface area (Å²) in [4.78, 5) is 8.29. The van der Waals surface area contributed by atoms with Crippen LogP contribution in [0, 0.1) is 6.92 Å². The molecule has 0 unspecified atom stereocenters. The fourth-order valence-corrected chi connectivity index (χ4v) is 2.49. The van der Waals surface area contributed by atoms with Crippen LogP contribution in [0.1, 0.15) is 16.7 Å². The Hall–Kier alpha value is -2.62. The number of nitrogens with two attached hydrogens (primary N) is 2. The van der Waals surface area contributed by atoms with Crippen molar-refractivity contribution < 1.29 is 0 Å². The summed E-state index contributed by atoms with van der Waals surface area (Å²) >= 11 is 0. The Kier molecular flexibility index (Phi) is 2.99. The average molecular weight is 264 g/mol. The van der Waals surface area contributed by atoms with E-state index in [0.29, 0.717) is 5.82 Å². The standard InChI is InChI=1S/C16H16N4/c1-10-12(9-11-5-3-2-4-6-11)7-8-13-14(10)15(17)20-16(18)19-13/h2-8H,9H2,1H3,(H4,17,18,19,20). The van der Waals surface area contributed by atoms with Crippen LogP contribution in [0.4, 0.5) is 11.8 Å². The Balaban J connectivity index is 2.12. The van der Waals surface area contributed by atoms with Crippen molar-refractivity contribution in [1.82, 2.24) is 9.97 Å². The molecule has 1 heterocycles. The van der Waals surface area contributed by atoms with Crippen LogP contribution < -0.4 is 11.5 Å². The lowest BCUT2D eigenvalue weighted by Crippen LogP contribution is -2.03. The maximum atomic E-state index is 5.99. The van der Waals surface area contributed by atoms with Crippen molar-refractivity contribution in [2.45, 2.75) is 13.3 Å². The summed E-state index contributed by atoms with van der Waals surface area (Å²) in [5.41, 5.74) is 16.0. The van der Waals surface area contributed by atoms with Gasteiger partial charge in [-0.1, -0.05) is 36.4 Å². The number of benzene rings is 2. The normalized spacial score (nSPS) is 10.8. The Bertz CT molecular complexity index is 766. The molecule has 4 heteroatoms. The summed E-state index contributed by atoms with van der Waals surface area (Å²) in [5, 5.41) is 0.896. The van der Waals surface area contributed by atoms with Crippen molar-refractivity contribution in [1.29, 1.82) is 0 Å². The van der Waals surface area contributed by atoms with Gasteiger partial charge in [-0.15, -0.1) is 0 Å². The maximum absolute atomic E-state index is 5.99. The zero-order valence-electron chi connectivity index (χ0n) is 11.3. The molecule has 20 heavy (non-hydrogen) atoms. The van der Waals surface area contributed by atoms with E-state index < -0.39 is 0 Å². The van der Waals surface area contributed by atoms with Crippen molar-refractivity contribution in [2.75, 3.05) is 11.5 Å². The largest absolute Gasteiger partial charge is 0.383 e. The minimum Gasteiger partial charge on any atom is -0.383 e. The monoisotopic (exact) mass is 264 g/mol. The molecule has 4 N–H and O–H groups in total. The minimum atomic E-state index is 0.213. The van der Waals surface area contributed by atoms with Gasteiger partial charge in [-0.25, -0.2) is 4.98 Å². The molecule has 0 radical (unpaired) electrons. The zero-order valence-corrected chi connectivity index (χ0v) is 11.3. The van der Waals surface area contributed by atoms with Gasteiger partial charge in [-0.2, -0.15) is 4.98 Å². The molecule has 0 bridgehead atoms.